The number of carbonyl (C=O) groups is 1. The van der Waals surface area contributed by atoms with Crippen LogP contribution in [0.1, 0.15) is 101 Å². The largest absolute Gasteiger partial charge is 0.426 e. The summed E-state index contributed by atoms with van der Waals surface area (Å²) < 4.78 is 6.11. The molecule has 3 heteroatoms. The third-order valence-electron chi connectivity index (χ3n) is 9.13. The first-order valence-corrected chi connectivity index (χ1v) is 13.6. The predicted octanol–water partition coefficient (Wildman–Crippen LogP) is 8.25. The van der Waals surface area contributed by atoms with Gasteiger partial charge in [0.15, 0.2) is 0 Å². The molecule has 3 aromatic rings. The number of hydrogen-bond donors (Lipinski definition) is 1. The van der Waals surface area contributed by atoms with Gasteiger partial charge in [0.1, 0.15) is 5.75 Å². The van der Waals surface area contributed by atoms with Gasteiger partial charge in [0, 0.05) is 23.5 Å². The smallest absolute Gasteiger partial charge is 0.311 e. The zero-order valence-corrected chi connectivity index (χ0v) is 22.2. The third-order valence-corrected chi connectivity index (χ3v) is 9.13. The van der Waals surface area contributed by atoms with Gasteiger partial charge >= 0.3 is 5.97 Å². The van der Waals surface area contributed by atoms with Crippen LogP contribution in [0.3, 0.4) is 0 Å². The van der Waals surface area contributed by atoms with Gasteiger partial charge in [-0.1, -0.05) is 65.3 Å². The van der Waals surface area contributed by atoms with Gasteiger partial charge in [0.25, 0.3) is 0 Å². The fraction of sp³-hybridized carbons (Fsp3) is 0.531. The zero-order valence-electron chi connectivity index (χ0n) is 22.2. The number of aromatic nitrogens is 1. The molecular formula is C32H41NO2. The van der Waals surface area contributed by atoms with E-state index in [4.69, 9.17) is 4.74 Å². The molecule has 5 rings (SSSR count). The quantitative estimate of drug-likeness (QED) is 0.290. The van der Waals surface area contributed by atoms with E-state index < -0.39 is 0 Å². The second-order valence-electron chi connectivity index (χ2n) is 12.2. The highest BCUT2D eigenvalue weighted by atomic mass is 16.5. The van der Waals surface area contributed by atoms with E-state index >= 15 is 0 Å². The van der Waals surface area contributed by atoms with E-state index in [1.807, 2.05) is 6.07 Å². The predicted molar refractivity (Wildman–Crippen MR) is 144 cm³/mol. The standard InChI is InChI=1S/C32H41NO2/c1-21(2)25-18-22-14-15-29-31(3,4)16-9-17-32(29,5)26(22)19-28(25)35-30(34)13-8-10-23-20-33-27-12-7-6-11-24(23)27/h6-7,11-12,18-21,29,33H,8-10,13-17H2,1-5H3/t29-,32+/m0/s1. The van der Waals surface area contributed by atoms with Crippen molar-refractivity contribution in [2.24, 2.45) is 11.3 Å². The molecule has 35 heavy (non-hydrogen) atoms. The van der Waals surface area contributed by atoms with E-state index in [1.165, 1.54) is 53.3 Å². The lowest BCUT2D eigenvalue weighted by Gasteiger charge is -2.54. The van der Waals surface area contributed by atoms with Crippen molar-refractivity contribution in [3.8, 4) is 5.75 Å². The number of H-pyrrole nitrogens is 1. The van der Waals surface area contributed by atoms with Gasteiger partial charge in [-0.3, -0.25) is 4.79 Å². The molecule has 0 amide bonds. The SMILES string of the molecule is CC(C)c1cc2c(cc1OC(=O)CCCc1c[nH]c3ccccc13)[C@@]1(C)CCCC(C)(C)[C@@H]1CC2. The number of aromatic amines is 1. The minimum absolute atomic E-state index is 0.117. The Morgan fingerprint density at radius 1 is 1.14 bits per heavy atom. The Kier molecular flexibility index (Phi) is 6.32. The molecule has 3 nitrogen and oxygen atoms in total. The summed E-state index contributed by atoms with van der Waals surface area (Å²) in [7, 11) is 0. The van der Waals surface area contributed by atoms with Crippen LogP contribution in [-0.2, 0) is 23.1 Å². The monoisotopic (exact) mass is 471 g/mol. The number of para-hydroxylation sites is 1. The fourth-order valence-corrected chi connectivity index (χ4v) is 7.31. The Morgan fingerprint density at radius 2 is 1.94 bits per heavy atom. The van der Waals surface area contributed by atoms with E-state index in [1.54, 1.807) is 0 Å². The maximum Gasteiger partial charge on any atom is 0.311 e. The van der Waals surface area contributed by atoms with Crippen molar-refractivity contribution in [1.82, 2.24) is 4.98 Å². The van der Waals surface area contributed by atoms with Crippen molar-refractivity contribution in [2.75, 3.05) is 0 Å². The fourth-order valence-electron chi connectivity index (χ4n) is 7.31. The van der Waals surface area contributed by atoms with E-state index in [0.29, 0.717) is 23.7 Å². The number of ether oxygens (including phenoxy) is 1. The molecule has 186 valence electrons. The number of benzene rings is 2. The van der Waals surface area contributed by atoms with Crippen molar-refractivity contribution < 1.29 is 9.53 Å². The Bertz CT molecular complexity index is 1230. The van der Waals surface area contributed by atoms with Gasteiger partial charge in [-0.05, 0) is 95.6 Å². The van der Waals surface area contributed by atoms with E-state index in [-0.39, 0.29) is 11.4 Å². The van der Waals surface area contributed by atoms with Crippen LogP contribution in [-0.4, -0.2) is 11.0 Å². The summed E-state index contributed by atoms with van der Waals surface area (Å²) in [4.78, 5) is 16.3. The maximum absolute atomic E-state index is 13.0. The van der Waals surface area contributed by atoms with Gasteiger partial charge in [0.05, 0.1) is 0 Å². The van der Waals surface area contributed by atoms with Crippen LogP contribution in [0.2, 0.25) is 0 Å². The molecule has 1 aromatic heterocycles. The minimum Gasteiger partial charge on any atom is -0.426 e. The first-order chi connectivity index (χ1) is 16.7. The van der Waals surface area contributed by atoms with Gasteiger partial charge < -0.3 is 9.72 Å². The molecule has 0 bridgehead atoms. The molecule has 2 aromatic carbocycles. The highest BCUT2D eigenvalue weighted by molar-refractivity contribution is 5.83. The van der Waals surface area contributed by atoms with Gasteiger partial charge in [-0.2, -0.15) is 0 Å². The first-order valence-electron chi connectivity index (χ1n) is 13.6. The van der Waals surface area contributed by atoms with Gasteiger partial charge in [-0.25, -0.2) is 0 Å². The third kappa shape index (κ3) is 4.43. The lowest BCUT2D eigenvalue weighted by molar-refractivity contribution is -0.134. The number of fused-ring (bicyclic) bond motifs is 4. The van der Waals surface area contributed by atoms with E-state index in [2.05, 4.69) is 76.1 Å². The van der Waals surface area contributed by atoms with Crippen LogP contribution in [0.4, 0.5) is 0 Å². The summed E-state index contributed by atoms with van der Waals surface area (Å²) in [6, 6.07) is 13.0. The van der Waals surface area contributed by atoms with Crippen LogP contribution >= 0.6 is 0 Å². The summed E-state index contributed by atoms with van der Waals surface area (Å²) in [5, 5.41) is 1.25. The molecule has 0 saturated heterocycles. The molecule has 1 N–H and O–H groups in total. The summed E-state index contributed by atoms with van der Waals surface area (Å²) in [5.41, 5.74) is 7.03. The molecule has 0 spiro atoms. The average Bonchev–Trinajstić information content (AvgIpc) is 3.21. The first kappa shape index (κ1) is 24.2. The van der Waals surface area contributed by atoms with Crippen molar-refractivity contribution in [2.45, 2.75) is 97.3 Å². The number of nitrogens with one attached hydrogen (secondary N) is 1. The molecule has 1 saturated carbocycles. The molecule has 2 atom stereocenters. The zero-order chi connectivity index (χ0) is 24.8. The lowest BCUT2D eigenvalue weighted by Crippen LogP contribution is -2.47. The normalized spacial score (nSPS) is 23.2. The van der Waals surface area contributed by atoms with E-state index in [9.17, 15) is 4.79 Å². The summed E-state index contributed by atoms with van der Waals surface area (Å²) in [6.07, 6.45) is 10.4. The molecule has 1 fully saturated rings. The van der Waals surface area contributed by atoms with Crippen LogP contribution < -0.4 is 4.74 Å². The average molecular weight is 472 g/mol. The Morgan fingerprint density at radius 3 is 2.74 bits per heavy atom. The number of esters is 1. The summed E-state index contributed by atoms with van der Waals surface area (Å²) in [6.45, 7) is 11.8. The van der Waals surface area contributed by atoms with E-state index in [0.717, 1.165) is 30.5 Å². The second kappa shape index (κ2) is 9.15. The number of hydrogen-bond acceptors (Lipinski definition) is 2. The van der Waals surface area contributed by atoms with Crippen molar-refractivity contribution in [3.63, 3.8) is 0 Å². The summed E-state index contributed by atoms with van der Waals surface area (Å²) in [5.74, 6) is 1.68. The van der Waals surface area contributed by atoms with Crippen LogP contribution in [0.15, 0.2) is 42.6 Å². The molecule has 1 heterocycles. The second-order valence-corrected chi connectivity index (χ2v) is 12.2. The summed E-state index contributed by atoms with van der Waals surface area (Å²) >= 11 is 0. The van der Waals surface area contributed by atoms with Gasteiger partial charge in [-0.15, -0.1) is 0 Å². The topological polar surface area (TPSA) is 42.1 Å². The maximum atomic E-state index is 13.0. The molecule has 0 aliphatic heterocycles. The Hall–Kier alpha value is -2.55. The molecule has 2 aliphatic carbocycles. The molecular weight excluding hydrogens is 430 g/mol. The number of aryl methyl sites for hydroxylation is 2. The van der Waals surface area contributed by atoms with Crippen LogP contribution in [0, 0.1) is 11.3 Å². The van der Waals surface area contributed by atoms with Gasteiger partial charge in [0.2, 0.25) is 0 Å². The van der Waals surface area contributed by atoms with Crippen LogP contribution in [0.5, 0.6) is 5.75 Å². The van der Waals surface area contributed by atoms with Crippen LogP contribution in [0.25, 0.3) is 10.9 Å². The molecule has 2 aliphatic rings. The molecule has 0 radical (unpaired) electrons. The van der Waals surface area contributed by atoms with Crippen molar-refractivity contribution in [3.05, 3.63) is 64.8 Å². The highest BCUT2D eigenvalue weighted by Crippen LogP contribution is 2.57. The molecule has 0 unspecified atom stereocenters. The van der Waals surface area contributed by atoms with Crippen molar-refractivity contribution in [1.29, 1.82) is 0 Å². The number of rotatable bonds is 6. The lowest BCUT2D eigenvalue weighted by atomic mass is 9.50. The number of carbonyl (C=O) groups excluding carboxylic acids is 1. The highest BCUT2D eigenvalue weighted by Gasteiger charge is 2.50. The minimum atomic E-state index is -0.117. The Labute approximate surface area is 210 Å². The van der Waals surface area contributed by atoms with Crippen molar-refractivity contribution >= 4 is 16.9 Å². The Balaban J connectivity index is 1.34.